The van der Waals surface area contributed by atoms with Gasteiger partial charge in [0, 0.05) is 12.6 Å². The van der Waals surface area contributed by atoms with Gasteiger partial charge in [0.05, 0.1) is 6.61 Å². The molecule has 0 heterocycles. The summed E-state index contributed by atoms with van der Waals surface area (Å²) in [6.07, 6.45) is 6.31. The fraction of sp³-hybridized carbons (Fsp3) is 1.00. The predicted octanol–water partition coefficient (Wildman–Crippen LogP) is 3.10. The van der Waals surface area contributed by atoms with Crippen molar-refractivity contribution in [3.8, 4) is 0 Å². The van der Waals surface area contributed by atoms with E-state index in [9.17, 15) is 0 Å². The Labute approximate surface area is 113 Å². The van der Waals surface area contributed by atoms with Crippen molar-refractivity contribution >= 4 is 0 Å². The van der Waals surface area contributed by atoms with E-state index in [1.165, 1.54) is 25.7 Å². The van der Waals surface area contributed by atoms with E-state index in [1.54, 1.807) is 0 Å². The van der Waals surface area contributed by atoms with Crippen LogP contribution < -0.4 is 11.3 Å². The van der Waals surface area contributed by atoms with E-state index < -0.39 is 0 Å². The maximum atomic E-state index is 5.68. The summed E-state index contributed by atoms with van der Waals surface area (Å²) in [5, 5.41) is 0. The van der Waals surface area contributed by atoms with Crippen LogP contribution in [0.4, 0.5) is 0 Å². The average Bonchev–Trinajstić information content (AvgIpc) is 2.34. The molecule has 1 atom stereocenters. The van der Waals surface area contributed by atoms with Crippen LogP contribution in [0, 0.1) is 17.3 Å². The van der Waals surface area contributed by atoms with Crippen molar-refractivity contribution in [2.75, 3.05) is 13.2 Å². The van der Waals surface area contributed by atoms with E-state index in [0.717, 1.165) is 25.6 Å². The SMILES string of the molecule is CCCOCC(NN)C1CCC(C(C)(C)C)CC1. The smallest absolute Gasteiger partial charge is 0.0635 e. The molecule has 18 heavy (non-hydrogen) atoms. The Kier molecular flexibility index (Phi) is 6.61. The Morgan fingerprint density at radius 2 is 1.83 bits per heavy atom. The van der Waals surface area contributed by atoms with E-state index >= 15 is 0 Å². The number of nitrogens with two attached hydrogens (primary N) is 1. The maximum absolute atomic E-state index is 5.68. The lowest BCUT2D eigenvalue weighted by Gasteiger charge is -2.39. The highest BCUT2D eigenvalue weighted by Gasteiger charge is 2.32. The van der Waals surface area contributed by atoms with Crippen LogP contribution in [0.3, 0.4) is 0 Å². The molecule has 3 heteroatoms. The summed E-state index contributed by atoms with van der Waals surface area (Å²) in [5.74, 6) is 7.23. The molecule has 3 N–H and O–H groups in total. The molecule has 0 bridgehead atoms. The van der Waals surface area contributed by atoms with Gasteiger partial charge in [0.25, 0.3) is 0 Å². The summed E-state index contributed by atoms with van der Waals surface area (Å²) in [6.45, 7) is 10.8. The van der Waals surface area contributed by atoms with Crippen LogP contribution in [0.1, 0.15) is 59.8 Å². The average molecular weight is 256 g/mol. The first kappa shape index (κ1) is 15.9. The van der Waals surface area contributed by atoms with Crippen molar-refractivity contribution in [1.29, 1.82) is 0 Å². The van der Waals surface area contributed by atoms with Gasteiger partial charge in [0.2, 0.25) is 0 Å². The van der Waals surface area contributed by atoms with Gasteiger partial charge >= 0.3 is 0 Å². The molecule has 1 rings (SSSR count). The van der Waals surface area contributed by atoms with Crippen LogP contribution in [0.15, 0.2) is 0 Å². The van der Waals surface area contributed by atoms with Crippen LogP contribution in [0.25, 0.3) is 0 Å². The molecule has 0 aromatic rings. The van der Waals surface area contributed by atoms with Gasteiger partial charge in [0.15, 0.2) is 0 Å². The third-order valence-corrected chi connectivity index (χ3v) is 4.43. The summed E-state index contributed by atoms with van der Waals surface area (Å²) < 4.78 is 5.64. The molecule has 0 spiro atoms. The van der Waals surface area contributed by atoms with Crippen LogP contribution in [-0.2, 0) is 4.74 Å². The number of ether oxygens (including phenoxy) is 1. The van der Waals surface area contributed by atoms with Crippen molar-refractivity contribution in [1.82, 2.24) is 5.43 Å². The van der Waals surface area contributed by atoms with Crippen LogP contribution >= 0.6 is 0 Å². The second kappa shape index (κ2) is 7.46. The molecule has 1 aliphatic rings. The lowest BCUT2D eigenvalue weighted by molar-refractivity contribution is 0.0681. The van der Waals surface area contributed by atoms with Crippen LogP contribution in [-0.4, -0.2) is 19.3 Å². The number of hydrazine groups is 1. The van der Waals surface area contributed by atoms with Gasteiger partial charge in [-0.1, -0.05) is 27.7 Å². The van der Waals surface area contributed by atoms with E-state index in [4.69, 9.17) is 10.6 Å². The molecule has 3 nitrogen and oxygen atoms in total. The third-order valence-electron chi connectivity index (χ3n) is 4.43. The highest BCUT2D eigenvalue weighted by atomic mass is 16.5. The number of nitrogens with one attached hydrogen (secondary N) is 1. The van der Waals surface area contributed by atoms with Crippen molar-refractivity contribution in [2.45, 2.75) is 65.8 Å². The fourth-order valence-electron chi connectivity index (χ4n) is 3.06. The van der Waals surface area contributed by atoms with Crippen molar-refractivity contribution in [3.63, 3.8) is 0 Å². The summed E-state index contributed by atoms with van der Waals surface area (Å²) in [5.41, 5.74) is 3.41. The predicted molar refractivity (Wildman–Crippen MR) is 77.1 cm³/mol. The number of rotatable bonds is 6. The Morgan fingerprint density at radius 3 is 2.28 bits per heavy atom. The molecule has 108 valence electrons. The van der Waals surface area contributed by atoms with Gasteiger partial charge in [0.1, 0.15) is 0 Å². The Bertz CT molecular complexity index is 217. The molecule has 1 unspecified atom stereocenters. The van der Waals surface area contributed by atoms with Gasteiger partial charge in [-0.05, 0) is 49.4 Å². The minimum Gasteiger partial charge on any atom is -0.380 e. The third kappa shape index (κ3) is 4.87. The van der Waals surface area contributed by atoms with Gasteiger partial charge in [-0.3, -0.25) is 11.3 Å². The molecule has 1 saturated carbocycles. The lowest BCUT2D eigenvalue weighted by Crippen LogP contribution is -2.46. The summed E-state index contributed by atoms with van der Waals surface area (Å²) >= 11 is 0. The molecule has 0 aromatic heterocycles. The summed E-state index contributed by atoms with van der Waals surface area (Å²) in [4.78, 5) is 0. The normalized spacial score (nSPS) is 27.2. The lowest BCUT2D eigenvalue weighted by atomic mass is 9.68. The van der Waals surface area contributed by atoms with E-state index in [1.807, 2.05) is 0 Å². The molecule has 0 aliphatic heterocycles. The second-order valence-electron chi connectivity index (χ2n) is 6.83. The first-order valence-electron chi connectivity index (χ1n) is 7.53. The highest BCUT2D eigenvalue weighted by Crippen LogP contribution is 2.40. The van der Waals surface area contributed by atoms with E-state index in [-0.39, 0.29) is 0 Å². The topological polar surface area (TPSA) is 47.3 Å². The van der Waals surface area contributed by atoms with Crippen LogP contribution in [0.5, 0.6) is 0 Å². The molecular weight excluding hydrogens is 224 g/mol. The molecular formula is C15H32N2O. The van der Waals surface area contributed by atoms with Gasteiger partial charge in [-0.15, -0.1) is 0 Å². The largest absolute Gasteiger partial charge is 0.380 e. The molecule has 0 aromatic carbocycles. The minimum atomic E-state index is 0.331. The molecule has 1 aliphatic carbocycles. The van der Waals surface area contributed by atoms with Crippen LogP contribution in [0.2, 0.25) is 0 Å². The van der Waals surface area contributed by atoms with Crippen molar-refractivity contribution in [2.24, 2.45) is 23.1 Å². The van der Waals surface area contributed by atoms with E-state index in [0.29, 0.717) is 17.4 Å². The zero-order valence-electron chi connectivity index (χ0n) is 12.7. The molecule has 0 amide bonds. The van der Waals surface area contributed by atoms with E-state index in [2.05, 4.69) is 33.1 Å². The Morgan fingerprint density at radius 1 is 1.22 bits per heavy atom. The fourth-order valence-corrected chi connectivity index (χ4v) is 3.06. The zero-order valence-corrected chi connectivity index (χ0v) is 12.7. The quantitative estimate of drug-likeness (QED) is 0.436. The number of hydrogen-bond acceptors (Lipinski definition) is 3. The minimum absolute atomic E-state index is 0.331. The van der Waals surface area contributed by atoms with Gasteiger partial charge in [-0.2, -0.15) is 0 Å². The first-order chi connectivity index (χ1) is 8.49. The Balaban J connectivity index is 2.35. The van der Waals surface area contributed by atoms with Gasteiger partial charge < -0.3 is 4.74 Å². The standard InChI is InChI=1S/C15H32N2O/c1-5-10-18-11-14(17-16)12-6-8-13(9-7-12)15(2,3)4/h12-14,17H,5-11,16H2,1-4H3. The second-order valence-corrected chi connectivity index (χ2v) is 6.83. The molecule has 0 saturated heterocycles. The first-order valence-corrected chi connectivity index (χ1v) is 7.53. The zero-order chi connectivity index (χ0) is 13.6. The highest BCUT2D eigenvalue weighted by molar-refractivity contribution is 4.85. The molecule has 0 radical (unpaired) electrons. The molecule has 1 fully saturated rings. The summed E-state index contributed by atoms with van der Waals surface area (Å²) in [7, 11) is 0. The van der Waals surface area contributed by atoms with Gasteiger partial charge in [-0.25, -0.2) is 0 Å². The number of hydrogen-bond donors (Lipinski definition) is 2. The van der Waals surface area contributed by atoms with Crippen molar-refractivity contribution < 1.29 is 4.74 Å². The van der Waals surface area contributed by atoms with Crippen molar-refractivity contribution in [3.05, 3.63) is 0 Å². The monoisotopic (exact) mass is 256 g/mol. The Hall–Kier alpha value is -0.120. The maximum Gasteiger partial charge on any atom is 0.0635 e. The summed E-state index contributed by atoms with van der Waals surface area (Å²) in [6, 6.07) is 0.331.